The van der Waals surface area contributed by atoms with Gasteiger partial charge in [0, 0.05) is 0 Å². The Morgan fingerprint density at radius 1 is 1.22 bits per heavy atom. The quantitative estimate of drug-likeness (QED) is 0.756. The maximum atomic E-state index is 12.0. The maximum absolute atomic E-state index is 12.0. The van der Waals surface area contributed by atoms with Gasteiger partial charge < -0.3 is 4.74 Å². The van der Waals surface area contributed by atoms with E-state index in [4.69, 9.17) is 4.74 Å². The highest BCUT2D eigenvalue weighted by molar-refractivity contribution is 5.72. The molecule has 0 aliphatic heterocycles. The van der Waals surface area contributed by atoms with Gasteiger partial charge in [0.15, 0.2) is 0 Å². The second-order valence-electron chi connectivity index (χ2n) is 5.29. The van der Waals surface area contributed by atoms with Gasteiger partial charge in [-0.05, 0) is 37.7 Å². The number of benzene rings is 1. The molecule has 0 N–H and O–H groups in total. The second kappa shape index (κ2) is 6.58. The molecule has 98 valence electrons. The highest BCUT2D eigenvalue weighted by atomic mass is 16.5. The third kappa shape index (κ3) is 3.86. The van der Waals surface area contributed by atoms with Gasteiger partial charge in [0.05, 0.1) is 5.92 Å². The summed E-state index contributed by atoms with van der Waals surface area (Å²) >= 11 is 0. The third-order valence-corrected chi connectivity index (χ3v) is 3.62. The molecule has 2 heteroatoms. The summed E-state index contributed by atoms with van der Waals surface area (Å²) in [5.41, 5.74) is 1.20. The SMILES string of the molecule is CC(Cc1ccccc1)C(=O)OC1CCCCC1. The molecule has 0 saturated heterocycles. The lowest BCUT2D eigenvalue weighted by atomic mass is 9.97. The summed E-state index contributed by atoms with van der Waals surface area (Å²) in [7, 11) is 0. The molecular formula is C16H22O2. The fourth-order valence-corrected chi connectivity index (χ4v) is 2.51. The Labute approximate surface area is 109 Å². The van der Waals surface area contributed by atoms with Gasteiger partial charge in [-0.1, -0.05) is 43.7 Å². The molecule has 2 nitrogen and oxygen atoms in total. The number of carbonyl (C=O) groups is 1. The number of rotatable bonds is 4. The number of hydrogen-bond donors (Lipinski definition) is 0. The first-order valence-corrected chi connectivity index (χ1v) is 7.00. The van der Waals surface area contributed by atoms with E-state index in [-0.39, 0.29) is 18.0 Å². The molecule has 1 fully saturated rings. The van der Waals surface area contributed by atoms with E-state index in [0.29, 0.717) is 0 Å². The van der Waals surface area contributed by atoms with Gasteiger partial charge in [-0.2, -0.15) is 0 Å². The molecule has 0 radical (unpaired) electrons. The van der Waals surface area contributed by atoms with E-state index in [9.17, 15) is 4.79 Å². The Hall–Kier alpha value is -1.31. The standard InChI is InChI=1S/C16H22O2/c1-13(12-14-8-4-2-5-9-14)16(17)18-15-10-6-3-7-11-15/h2,4-5,8-9,13,15H,3,6-7,10-12H2,1H3. The predicted octanol–water partition coefficient (Wildman–Crippen LogP) is 3.74. The average molecular weight is 246 g/mol. The Morgan fingerprint density at radius 2 is 1.89 bits per heavy atom. The van der Waals surface area contributed by atoms with Crippen LogP contribution in [0.5, 0.6) is 0 Å². The molecule has 0 aromatic heterocycles. The molecule has 0 spiro atoms. The lowest BCUT2D eigenvalue weighted by Gasteiger charge is -2.23. The summed E-state index contributed by atoms with van der Waals surface area (Å²) in [4.78, 5) is 12.0. The van der Waals surface area contributed by atoms with E-state index >= 15 is 0 Å². The minimum atomic E-state index is -0.0469. The van der Waals surface area contributed by atoms with Crippen molar-refractivity contribution in [1.82, 2.24) is 0 Å². The summed E-state index contributed by atoms with van der Waals surface area (Å²) in [5.74, 6) is -0.0833. The van der Waals surface area contributed by atoms with Crippen molar-refractivity contribution in [1.29, 1.82) is 0 Å². The molecule has 1 aliphatic rings. The summed E-state index contributed by atoms with van der Waals surface area (Å²) in [5, 5.41) is 0. The van der Waals surface area contributed by atoms with E-state index in [0.717, 1.165) is 19.3 Å². The molecule has 0 bridgehead atoms. The zero-order chi connectivity index (χ0) is 12.8. The summed E-state index contributed by atoms with van der Waals surface area (Å²) < 4.78 is 5.59. The molecule has 1 aromatic carbocycles. The van der Waals surface area contributed by atoms with Crippen LogP contribution in [0.1, 0.15) is 44.6 Å². The molecule has 1 aliphatic carbocycles. The van der Waals surface area contributed by atoms with Crippen molar-refractivity contribution in [3.8, 4) is 0 Å². The van der Waals surface area contributed by atoms with E-state index in [1.807, 2.05) is 25.1 Å². The van der Waals surface area contributed by atoms with E-state index < -0.39 is 0 Å². The number of ether oxygens (including phenoxy) is 1. The van der Waals surface area contributed by atoms with Gasteiger partial charge in [0.1, 0.15) is 6.10 Å². The molecule has 18 heavy (non-hydrogen) atoms. The van der Waals surface area contributed by atoms with Crippen LogP contribution in [-0.2, 0) is 16.0 Å². The normalized spacial score (nSPS) is 18.3. The average Bonchev–Trinajstić information content (AvgIpc) is 2.41. The smallest absolute Gasteiger partial charge is 0.309 e. The molecule has 1 atom stereocenters. The second-order valence-corrected chi connectivity index (χ2v) is 5.29. The first-order valence-electron chi connectivity index (χ1n) is 7.00. The Bertz CT molecular complexity index is 366. The van der Waals surface area contributed by atoms with E-state index in [2.05, 4.69) is 12.1 Å². The van der Waals surface area contributed by atoms with Crippen LogP contribution in [-0.4, -0.2) is 12.1 Å². The Kier molecular flexibility index (Phi) is 4.80. The lowest BCUT2D eigenvalue weighted by Crippen LogP contribution is -2.25. The Balaban J connectivity index is 1.81. The highest BCUT2D eigenvalue weighted by Gasteiger charge is 2.21. The van der Waals surface area contributed by atoms with Crippen LogP contribution in [0.25, 0.3) is 0 Å². The van der Waals surface area contributed by atoms with Gasteiger partial charge in [0.25, 0.3) is 0 Å². The van der Waals surface area contributed by atoms with E-state index in [1.54, 1.807) is 0 Å². The van der Waals surface area contributed by atoms with Crippen molar-refractivity contribution in [2.45, 2.75) is 51.6 Å². The van der Waals surface area contributed by atoms with Crippen LogP contribution < -0.4 is 0 Å². The van der Waals surface area contributed by atoms with Crippen LogP contribution >= 0.6 is 0 Å². The van der Waals surface area contributed by atoms with Crippen molar-refractivity contribution in [2.24, 2.45) is 5.92 Å². The fourth-order valence-electron chi connectivity index (χ4n) is 2.51. The van der Waals surface area contributed by atoms with Gasteiger partial charge in [0.2, 0.25) is 0 Å². The molecule has 2 rings (SSSR count). The first-order chi connectivity index (χ1) is 8.75. The van der Waals surface area contributed by atoms with Gasteiger partial charge >= 0.3 is 5.97 Å². The van der Waals surface area contributed by atoms with Crippen LogP contribution in [0.15, 0.2) is 30.3 Å². The molecule has 1 saturated carbocycles. The summed E-state index contributed by atoms with van der Waals surface area (Å²) in [6.45, 7) is 1.96. The maximum Gasteiger partial charge on any atom is 0.309 e. The molecule has 0 amide bonds. The molecule has 0 heterocycles. The van der Waals surface area contributed by atoms with Gasteiger partial charge in [-0.3, -0.25) is 4.79 Å². The summed E-state index contributed by atoms with van der Waals surface area (Å²) in [6.07, 6.45) is 6.72. The number of esters is 1. The predicted molar refractivity (Wildman–Crippen MR) is 72.3 cm³/mol. The number of hydrogen-bond acceptors (Lipinski definition) is 2. The first kappa shape index (κ1) is 13.1. The van der Waals surface area contributed by atoms with Gasteiger partial charge in [-0.15, -0.1) is 0 Å². The van der Waals surface area contributed by atoms with E-state index in [1.165, 1.54) is 24.8 Å². The van der Waals surface area contributed by atoms with Crippen molar-refractivity contribution in [3.05, 3.63) is 35.9 Å². The molecule has 1 aromatic rings. The lowest BCUT2D eigenvalue weighted by molar-refractivity contribution is -0.154. The zero-order valence-corrected chi connectivity index (χ0v) is 11.1. The largest absolute Gasteiger partial charge is 0.462 e. The van der Waals surface area contributed by atoms with Crippen molar-refractivity contribution in [2.75, 3.05) is 0 Å². The molecule has 1 unspecified atom stereocenters. The van der Waals surface area contributed by atoms with Crippen LogP contribution in [0.3, 0.4) is 0 Å². The zero-order valence-electron chi connectivity index (χ0n) is 11.1. The molecular weight excluding hydrogens is 224 g/mol. The summed E-state index contributed by atoms with van der Waals surface area (Å²) in [6, 6.07) is 10.1. The van der Waals surface area contributed by atoms with Crippen molar-refractivity contribution < 1.29 is 9.53 Å². The minimum Gasteiger partial charge on any atom is -0.462 e. The van der Waals surface area contributed by atoms with Crippen LogP contribution in [0.2, 0.25) is 0 Å². The third-order valence-electron chi connectivity index (χ3n) is 3.62. The van der Waals surface area contributed by atoms with Crippen molar-refractivity contribution in [3.63, 3.8) is 0 Å². The van der Waals surface area contributed by atoms with Crippen LogP contribution in [0, 0.1) is 5.92 Å². The Morgan fingerprint density at radius 3 is 2.56 bits per heavy atom. The van der Waals surface area contributed by atoms with Gasteiger partial charge in [-0.25, -0.2) is 0 Å². The number of carbonyl (C=O) groups excluding carboxylic acids is 1. The highest BCUT2D eigenvalue weighted by Crippen LogP contribution is 2.22. The van der Waals surface area contributed by atoms with Crippen LogP contribution in [0.4, 0.5) is 0 Å². The monoisotopic (exact) mass is 246 g/mol. The minimum absolute atomic E-state index is 0.0363. The van der Waals surface area contributed by atoms with Crippen molar-refractivity contribution >= 4 is 5.97 Å². The fraction of sp³-hybridized carbons (Fsp3) is 0.562. The topological polar surface area (TPSA) is 26.3 Å².